The maximum atomic E-state index is 10.9. The second-order valence-corrected chi connectivity index (χ2v) is 1.83. The maximum absolute atomic E-state index is 10.9. The maximum Gasteiger partial charge on any atom is 0.276 e. The van der Waals surface area contributed by atoms with Crippen LogP contribution in [0, 0.1) is 0 Å². The van der Waals surface area contributed by atoms with Crippen LogP contribution in [0.15, 0.2) is 17.4 Å². The molecule has 0 spiro atoms. The minimum atomic E-state index is -0.192. The zero-order valence-corrected chi connectivity index (χ0v) is 4.96. The lowest BCUT2D eigenvalue weighted by molar-refractivity contribution is 1.15. The van der Waals surface area contributed by atoms with Gasteiger partial charge in [-0.05, 0) is 0 Å². The van der Waals surface area contributed by atoms with Gasteiger partial charge in [-0.15, -0.1) is 0 Å². The molecule has 0 amide bonds. The Hall–Kier alpha value is -1.65. The fourth-order valence-corrected chi connectivity index (χ4v) is 0.776. The van der Waals surface area contributed by atoms with E-state index in [4.69, 9.17) is 0 Å². The summed E-state index contributed by atoms with van der Waals surface area (Å²) in [6.07, 6.45) is 2.76. The molecule has 0 aliphatic carbocycles. The number of aromatic amines is 2. The predicted molar refractivity (Wildman–Crippen MR) is 34.5 cm³/mol. The zero-order valence-electron chi connectivity index (χ0n) is 4.96. The standard InChI is InChI=1S/C5H4N4O/c10-5-3-4(7-1-6-3)8-2-9-5/h1-2H,(H2,6,7,8,9,10)/i2+1,8+1,9+1. The van der Waals surface area contributed by atoms with Gasteiger partial charge in [0.2, 0.25) is 0 Å². The van der Waals surface area contributed by atoms with Crippen molar-refractivity contribution in [3.8, 4) is 0 Å². The van der Waals surface area contributed by atoms with Crippen molar-refractivity contribution in [2.45, 2.75) is 0 Å². The summed E-state index contributed by atoms with van der Waals surface area (Å²) >= 11 is 0. The van der Waals surface area contributed by atoms with Crippen LogP contribution in [-0.2, 0) is 0 Å². The van der Waals surface area contributed by atoms with E-state index in [1.807, 2.05) is 0 Å². The van der Waals surface area contributed by atoms with E-state index in [1.54, 1.807) is 0 Å². The van der Waals surface area contributed by atoms with Crippen LogP contribution in [0.25, 0.3) is 11.2 Å². The van der Waals surface area contributed by atoms with E-state index in [0.717, 1.165) is 0 Å². The smallest absolute Gasteiger partial charge is 0.276 e. The number of H-pyrrole nitrogens is 2. The Labute approximate surface area is 55.1 Å². The Morgan fingerprint density at radius 3 is 2.60 bits per heavy atom. The van der Waals surface area contributed by atoms with E-state index < -0.39 is 0 Å². The number of hydrogen-bond acceptors (Lipinski definition) is 3. The van der Waals surface area contributed by atoms with Gasteiger partial charge in [-0.2, -0.15) is 0 Å². The van der Waals surface area contributed by atoms with Gasteiger partial charge in [0.1, 0.15) is 0 Å². The summed E-state index contributed by atoms with van der Waals surface area (Å²) in [5.74, 6) is 0. The minimum Gasteiger partial charge on any atom is -0.339 e. The third kappa shape index (κ3) is 0.540. The van der Waals surface area contributed by atoms with Crippen LogP contribution in [0.2, 0.25) is 0 Å². The summed E-state index contributed by atoms with van der Waals surface area (Å²) in [6, 6.07) is 0. The summed E-state index contributed by atoms with van der Waals surface area (Å²) in [7, 11) is 0. The van der Waals surface area contributed by atoms with E-state index in [0.29, 0.717) is 11.2 Å². The van der Waals surface area contributed by atoms with Gasteiger partial charge >= 0.3 is 0 Å². The van der Waals surface area contributed by atoms with Gasteiger partial charge in [0.25, 0.3) is 5.56 Å². The molecule has 0 radical (unpaired) electrons. The van der Waals surface area contributed by atoms with Gasteiger partial charge in [-0.3, -0.25) is 4.79 Å². The second-order valence-electron chi connectivity index (χ2n) is 1.83. The molecule has 2 N–H and O–H groups in total. The molecule has 50 valence electrons. The van der Waals surface area contributed by atoms with Crippen molar-refractivity contribution in [2.24, 2.45) is 0 Å². The number of nitrogens with zero attached hydrogens (tertiary/aromatic N) is 2. The third-order valence-electron chi connectivity index (χ3n) is 1.23. The van der Waals surface area contributed by atoms with E-state index in [1.165, 1.54) is 12.7 Å². The molecule has 2 heterocycles. The van der Waals surface area contributed by atoms with Crippen LogP contribution in [0.5, 0.6) is 0 Å². The first kappa shape index (κ1) is 5.16. The zero-order chi connectivity index (χ0) is 6.97. The van der Waals surface area contributed by atoms with Gasteiger partial charge < -0.3 is 9.97 Å². The molecule has 0 aromatic carbocycles. The summed E-state index contributed by atoms with van der Waals surface area (Å²) in [6.45, 7) is 0. The lowest BCUT2D eigenvalue weighted by Gasteiger charge is -1.81. The highest BCUT2D eigenvalue weighted by molar-refractivity contribution is 5.67. The van der Waals surface area contributed by atoms with E-state index >= 15 is 0 Å². The molecule has 2 aromatic heterocycles. The monoisotopic (exact) mass is 139 g/mol. The van der Waals surface area contributed by atoms with Gasteiger partial charge in [-0.1, -0.05) is 0 Å². The number of fused-ring (bicyclic) bond motifs is 1. The Morgan fingerprint density at radius 1 is 1.20 bits per heavy atom. The average Bonchev–Trinajstić information content (AvgIpc) is 2.36. The number of nitrogens with one attached hydrogen (secondary N) is 2. The lowest BCUT2D eigenvalue weighted by Crippen LogP contribution is -2.05. The van der Waals surface area contributed by atoms with Crippen LogP contribution < -0.4 is 5.56 Å². The molecule has 10 heavy (non-hydrogen) atoms. The SMILES string of the molecule is O=c1[15nH][13cH][15n]c2nc[nH]c12. The molecule has 0 saturated carbocycles. The molecule has 2 rings (SSSR count). The van der Waals surface area contributed by atoms with Crippen LogP contribution in [0.3, 0.4) is 0 Å². The van der Waals surface area contributed by atoms with Crippen LogP contribution in [0.4, 0.5) is 0 Å². The number of aromatic nitrogens is 4. The van der Waals surface area contributed by atoms with Crippen molar-refractivity contribution in [1.82, 2.24) is 19.9 Å². The highest BCUT2D eigenvalue weighted by Gasteiger charge is 1.97. The first-order valence-electron chi connectivity index (χ1n) is 2.75. The molecular formula is C5H4N4O. The van der Waals surface area contributed by atoms with Gasteiger partial charge in [0.15, 0.2) is 11.2 Å². The van der Waals surface area contributed by atoms with Crippen molar-refractivity contribution < 1.29 is 0 Å². The van der Waals surface area contributed by atoms with Crippen molar-refractivity contribution in [3.05, 3.63) is 23.0 Å². The molecule has 0 aliphatic rings. The highest BCUT2D eigenvalue weighted by atomic mass is 16.2. The fourth-order valence-electron chi connectivity index (χ4n) is 0.776. The Bertz CT molecular complexity index is 401. The van der Waals surface area contributed by atoms with Crippen molar-refractivity contribution >= 4 is 11.2 Å². The molecule has 0 bridgehead atoms. The van der Waals surface area contributed by atoms with Crippen LogP contribution >= 0.6 is 0 Å². The largest absolute Gasteiger partial charge is 0.339 e. The first-order chi connectivity index (χ1) is 4.88. The molecule has 5 heteroatoms. The normalized spacial score (nSPS) is 10.4. The van der Waals surface area contributed by atoms with E-state index in [-0.39, 0.29) is 5.56 Å². The number of imidazole rings is 1. The van der Waals surface area contributed by atoms with Gasteiger partial charge in [0, 0.05) is 0 Å². The summed E-state index contributed by atoms with van der Waals surface area (Å²) < 4.78 is 0. The quantitative estimate of drug-likeness (QED) is 0.523. The Balaban J connectivity index is 3.09. The van der Waals surface area contributed by atoms with Crippen molar-refractivity contribution in [1.29, 1.82) is 0 Å². The predicted octanol–water partition coefficient (Wildman–Crippen LogP) is -0.354. The van der Waals surface area contributed by atoms with Crippen LogP contribution in [-0.4, -0.2) is 19.9 Å². The van der Waals surface area contributed by atoms with Gasteiger partial charge in [0.05, 0.1) is 12.7 Å². The van der Waals surface area contributed by atoms with E-state index in [2.05, 4.69) is 19.9 Å². The summed E-state index contributed by atoms with van der Waals surface area (Å²) in [5.41, 5.74) is 0.675. The molecule has 0 unspecified atom stereocenters. The average molecular weight is 139 g/mol. The molecule has 0 aliphatic heterocycles. The minimum absolute atomic E-state index is 0.192. The fraction of sp³-hybridized carbons (Fsp3) is 0. The molecular weight excluding hydrogens is 135 g/mol. The topological polar surface area (TPSA) is 74.4 Å². The highest BCUT2D eigenvalue weighted by Crippen LogP contribution is 1.94. The molecule has 0 saturated heterocycles. The van der Waals surface area contributed by atoms with Crippen molar-refractivity contribution in [3.63, 3.8) is 0 Å². The summed E-state index contributed by atoms with van der Waals surface area (Å²) in [4.78, 5) is 23.6. The Morgan fingerprint density at radius 2 is 1.90 bits per heavy atom. The molecule has 0 fully saturated rings. The number of rotatable bonds is 0. The third-order valence-corrected chi connectivity index (χ3v) is 1.23. The van der Waals surface area contributed by atoms with Crippen LogP contribution in [0.1, 0.15) is 0 Å². The first-order valence-corrected chi connectivity index (χ1v) is 2.75. The van der Waals surface area contributed by atoms with Gasteiger partial charge in [-0.25, -0.2) is 9.97 Å². The molecule has 5 nitrogen and oxygen atoms in total. The lowest BCUT2D eigenvalue weighted by atomic mass is 10.6. The molecule has 0 atom stereocenters. The second kappa shape index (κ2) is 1.66. The van der Waals surface area contributed by atoms with E-state index in [9.17, 15) is 4.79 Å². The Kier molecular flexibility index (Phi) is 0.858. The summed E-state index contributed by atoms with van der Waals surface area (Å²) in [5, 5.41) is 0. The van der Waals surface area contributed by atoms with Crippen molar-refractivity contribution in [2.75, 3.05) is 0 Å². The number of hydrogen-bond donors (Lipinski definition) is 2. The molecule has 2 aromatic rings.